The maximum Gasteiger partial charge on any atom is 0.224 e. The first-order valence-corrected chi connectivity index (χ1v) is 8.70. The minimum atomic E-state index is -0.830. The molecule has 1 aromatic rings. The number of nitrogens with zero attached hydrogens (tertiary/aromatic N) is 2. The standard InChI is InChI=1S/C18H22F2N2O4/c1-13(23)22(17-14(19)3-2-4-15(17)20)8-5-16(24)21-9-6-18(7-10-21)25-11-12-26-18/h2-4H,5-12H2,1H3. The van der Waals surface area contributed by atoms with E-state index in [4.69, 9.17) is 9.47 Å². The van der Waals surface area contributed by atoms with E-state index in [0.717, 1.165) is 17.0 Å². The van der Waals surface area contributed by atoms with Gasteiger partial charge in [-0.3, -0.25) is 9.59 Å². The molecule has 2 amide bonds. The van der Waals surface area contributed by atoms with E-state index in [2.05, 4.69) is 0 Å². The number of hydrogen-bond acceptors (Lipinski definition) is 4. The van der Waals surface area contributed by atoms with E-state index in [1.807, 2.05) is 0 Å². The summed E-state index contributed by atoms with van der Waals surface area (Å²) >= 11 is 0. The van der Waals surface area contributed by atoms with Crippen molar-refractivity contribution in [3.8, 4) is 0 Å². The van der Waals surface area contributed by atoms with Gasteiger partial charge >= 0.3 is 0 Å². The topological polar surface area (TPSA) is 59.1 Å². The van der Waals surface area contributed by atoms with Gasteiger partial charge in [0.25, 0.3) is 0 Å². The predicted octanol–water partition coefficient (Wildman–Crippen LogP) is 2.07. The van der Waals surface area contributed by atoms with Crippen LogP contribution in [-0.4, -0.2) is 55.3 Å². The van der Waals surface area contributed by atoms with Gasteiger partial charge in [-0.25, -0.2) is 8.78 Å². The van der Waals surface area contributed by atoms with Crippen LogP contribution in [0.3, 0.4) is 0 Å². The van der Waals surface area contributed by atoms with Crippen molar-refractivity contribution in [1.82, 2.24) is 4.90 Å². The molecular weight excluding hydrogens is 346 g/mol. The predicted molar refractivity (Wildman–Crippen MR) is 89.5 cm³/mol. The Hall–Kier alpha value is -2.06. The third kappa shape index (κ3) is 3.86. The number of anilines is 1. The number of ether oxygens (including phenoxy) is 2. The van der Waals surface area contributed by atoms with Crippen molar-refractivity contribution in [3.63, 3.8) is 0 Å². The zero-order valence-corrected chi connectivity index (χ0v) is 14.7. The van der Waals surface area contributed by atoms with E-state index in [-0.39, 0.29) is 18.9 Å². The van der Waals surface area contributed by atoms with Crippen LogP contribution < -0.4 is 4.90 Å². The SMILES string of the molecule is CC(=O)N(CCC(=O)N1CCC2(CC1)OCCO2)c1c(F)cccc1F. The van der Waals surface area contributed by atoms with Gasteiger partial charge < -0.3 is 19.3 Å². The molecule has 2 heterocycles. The molecule has 6 nitrogen and oxygen atoms in total. The molecule has 2 aliphatic rings. The second kappa shape index (κ2) is 7.67. The Morgan fingerprint density at radius 1 is 1.15 bits per heavy atom. The molecule has 0 aliphatic carbocycles. The van der Waals surface area contributed by atoms with E-state index in [1.165, 1.54) is 13.0 Å². The maximum absolute atomic E-state index is 14.0. The van der Waals surface area contributed by atoms with Gasteiger partial charge in [-0.1, -0.05) is 6.07 Å². The number of benzene rings is 1. The monoisotopic (exact) mass is 368 g/mol. The fourth-order valence-corrected chi connectivity index (χ4v) is 3.42. The summed E-state index contributed by atoms with van der Waals surface area (Å²) in [5, 5.41) is 0. The van der Waals surface area contributed by atoms with Gasteiger partial charge in [-0.15, -0.1) is 0 Å². The van der Waals surface area contributed by atoms with Crippen LogP contribution >= 0.6 is 0 Å². The van der Waals surface area contributed by atoms with Gasteiger partial charge in [0.05, 0.1) is 13.2 Å². The van der Waals surface area contributed by atoms with Crippen LogP contribution in [-0.2, 0) is 19.1 Å². The van der Waals surface area contributed by atoms with Crippen molar-refractivity contribution in [3.05, 3.63) is 29.8 Å². The number of carbonyl (C=O) groups is 2. The van der Waals surface area contributed by atoms with E-state index < -0.39 is 29.0 Å². The highest BCUT2D eigenvalue weighted by atomic mass is 19.1. The summed E-state index contributed by atoms with van der Waals surface area (Å²) in [6.45, 7) is 3.25. The number of rotatable bonds is 4. The lowest BCUT2D eigenvalue weighted by atomic mass is 10.0. The van der Waals surface area contributed by atoms with Crippen LogP contribution in [0.15, 0.2) is 18.2 Å². The molecule has 1 spiro atoms. The lowest BCUT2D eigenvalue weighted by molar-refractivity contribution is -0.187. The van der Waals surface area contributed by atoms with E-state index in [0.29, 0.717) is 39.1 Å². The van der Waals surface area contributed by atoms with Gasteiger partial charge in [0, 0.05) is 45.8 Å². The fourth-order valence-electron chi connectivity index (χ4n) is 3.42. The molecule has 1 aromatic carbocycles. The van der Waals surface area contributed by atoms with Crippen molar-refractivity contribution in [1.29, 1.82) is 0 Å². The Balaban J connectivity index is 1.59. The normalized spacial score (nSPS) is 19.0. The second-order valence-corrected chi connectivity index (χ2v) is 6.48. The molecule has 0 N–H and O–H groups in total. The second-order valence-electron chi connectivity index (χ2n) is 6.48. The summed E-state index contributed by atoms with van der Waals surface area (Å²) in [5.74, 6) is -2.92. The lowest BCUT2D eigenvalue weighted by Crippen LogP contribution is -2.48. The average Bonchev–Trinajstić information content (AvgIpc) is 3.05. The molecule has 0 bridgehead atoms. The number of piperidine rings is 1. The minimum Gasteiger partial charge on any atom is -0.347 e. The molecule has 0 unspecified atom stereocenters. The van der Waals surface area contributed by atoms with Crippen molar-refractivity contribution < 1.29 is 27.8 Å². The van der Waals surface area contributed by atoms with Crippen molar-refractivity contribution in [2.24, 2.45) is 0 Å². The van der Waals surface area contributed by atoms with Crippen LogP contribution in [0.1, 0.15) is 26.2 Å². The number of hydrogen-bond donors (Lipinski definition) is 0. The first-order valence-electron chi connectivity index (χ1n) is 8.70. The van der Waals surface area contributed by atoms with Crippen LogP contribution in [0.25, 0.3) is 0 Å². The van der Waals surface area contributed by atoms with Crippen molar-refractivity contribution >= 4 is 17.5 Å². The number of amides is 2. The summed E-state index contributed by atoms with van der Waals surface area (Å²) in [5.41, 5.74) is -0.418. The summed E-state index contributed by atoms with van der Waals surface area (Å²) in [4.78, 5) is 26.9. The van der Waals surface area contributed by atoms with Crippen LogP contribution in [0, 0.1) is 11.6 Å². The molecule has 142 valence electrons. The number of halogens is 2. The van der Waals surface area contributed by atoms with E-state index >= 15 is 0 Å². The molecule has 0 radical (unpaired) electrons. The first kappa shape index (κ1) is 18.7. The third-order valence-corrected chi connectivity index (χ3v) is 4.83. The molecule has 0 atom stereocenters. The summed E-state index contributed by atoms with van der Waals surface area (Å²) in [6.07, 6.45) is 1.18. The van der Waals surface area contributed by atoms with Crippen LogP contribution in [0.5, 0.6) is 0 Å². The summed E-state index contributed by atoms with van der Waals surface area (Å²) < 4.78 is 39.2. The number of carbonyl (C=O) groups excluding carboxylic acids is 2. The lowest BCUT2D eigenvalue weighted by Gasteiger charge is -2.37. The molecule has 26 heavy (non-hydrogen) atoms. The molecule has 8 heteroatoms. The highest BCUT2D eigenvalue weighted by Crippen LogP contribution is 2.31. The van der Waals surface area contributed by atoms with Crippen LogP contribution in [0.2, 0.25) is 0 Å². The van der Waals surface area contributed by atoms with Crippen molar-refractivity contribution in [2.75, 3.05) is 37.7 Å². The maximum atomic E-state index is 14.0. The first-order chi connectivity index (χ1) is 12.4. The zero-order valence-electron chi connectivity index (χ0n) is 14.7. The fraction of sp³-hybridized carbons (Fsp3) is 0.556. The quantitative estimate of drug-likeness (QED) is 0.817. The number of para-hydroxylation sites is 1. The summed E-state index contributed by atoms with van der Waals surface area (Å²) in [6, 6.07) is 3.40. The molecule has 0 saturated carbocycles. The Bertz CT molecular complexity index is 662. The molecule has 3 rings (SSSR count). The highest BCUT2D eigenvalue weighted by Gasteiger charge is 2.40. The van der Waals surface area contributed by atoms with E-state index in [9.17, 15) is 18.4 Å². The Kier molecular flexibility index (Phi) is 5.52. The smallest absolute Gasteiger partial charge is 0.224 e. The average molecular weight is 368 g/mol. The Morgan fingerprint density at radius 2 is 1.73 bits per heavy atom. The zero-order chi connectivity index (χ0) is 18.7. The van der Waals surface area contributed by atoms with Crippen LogP contribution in [0.4, 0.5) is 14.5 Å². The Labute approximate surface area is 150 Å². The number of likely N-dealkylation sites (tertiary alicyclic amines) is 1. The molecule has 2 fully saturated rings. The Morgan fingerprint density at radius 3 is 2.27 bits per heavy atom. The van der Waals surface area contributed by atoms with Gasteiger partial charge in [0.15, 0.2) is 5.79 Å². The summed E-state index contributed by atoms with van der Waals surface area (Å²) in [7, 11) is 0. The van der Waals surface area contributed by atoms with Crippen molar-refractivity contribution in [2.45, 2.75) is 32.0 Å². The van der Waals surface area contributed by atoms with Gasteiger partial charge in [0.1, 0.15) is 17.3 Å². The molecular formula is C18H22F2N2O4. The molecule has 2 aliphatic heterocycles. The van der Waals surface area contributed by atoms with E-state index in [1.54, 1.807) is 4.90 Å². The third-order valence-electron chi connectivity index (χ3n) is 4.83. The highest BCUT2D eigenvalue weighted by molar-refractivity contribution is 5.92. The molecule has 2 saturated heterocycles. The molecule has 0 aromatic heterocycles. The van der Waals surface area contributed by atoms with Gasteiger partial charge in [0.2, 0.25) is 11.8 Å². The van der Waals surface area contributed by atoms with Gasteiger partial charge in [-0.2, -0.15) is 0 Å². The largest absolute Gasteiger partial charge is 0.347 e. The van der Waals surface area contributed by atoms with Gasteiger partial charge in [-0.05, 0) is 12.1 Å². The minimum absolute atomic E-state index is 0.0118.